The average molecular weight is 464 g/mol. The zero-order valence-electron chi connectivity index (χ0n) is 20.3. The van der Waals surface area contributed by atoms with Crippen LogP contribution in [0.15, 0.2) is 54.1 Å². The third-order valence-corrected chi connectivity index (χ3v) is 6.44. The molecule has 4 rings (SSSR count). The highest BCUT2D eigenvalue weighted by molar-refractivity contribution is 6.46. The van der Waals surface area contributed by atoms with Gasteiger partial charge in [-0.2, -0.15) is 0 Å². The second kappa shape index (κ2) is 9.63. The fourth-order valence-electron chi connectivity index (χ4n) is 4.76. The molecule has 2 aliphatic rings. The SMILES string of the molecule is CCOc1ccc(/C(O)=C2/C(=O)C(=O)N(CC3CCCO3)C2c2ccccc2)cc1C(C)(C)C. The van der Waals surface area contributed by atoms with Crippen molar-refractivity contribution in [2.75, 3.05) is 19.8 Å². The van der Waals surface area contributed by atoms with E-state index in [0.29, 0.717) is 25.3 Å². The van der Waals surface area contributed by atoms with Crippen LogP contribution in [0.1, 0.15) is 63.3 Å². The Balaban J connectivity index is 1.83. The van der Waals surface area contributed by atoms with Crippen LogP contribution < -0.4 is 4.74 Å². The molecule has 0 spiro atoms. The quantitative estimate of drug-likeness (QED) is 0.371. The molecule has 1 amide bonds. The zero-order valence-corrected chi connectivity index (χ0v) is 20.3. The van der Waals surface area contributed by atoms with Crippen molar-refractivity contribution in [1.82, 2.24) is 4.90 Å². The molecular formula is C28H33NO5. The molecule has 34 heavy (non-hydrogen) atoms. The maximum absolute atomic E-state index is 13.3. The Morgan fingerprint density at radius 1 is 1.15 bits per heavy atom. The summed E-state index contributed by atoms with van der Waals surface area (Å²) in [7, 11) is 0. The van der Waals surface area contributed by atoms with Crippen LogP contribution in [0.2, 0.25) is 0 Å². The Labute approximate surface area is 201 Å². The van der Waals surface area contributed by atoms with Gasteiger partial charge < -0.3 is 19.5 Å². The van der Waals surface area contributed by atoms with Crippen LogP contribution in [-0.4, -0.2) is 47.6 Å². The first kappa shape index (κ1) is 24.0. The van der Waals surface area contributed by atoms with E-state index in [1.165, 1.54) is 0 Å². The summed E-state index contributed by atoms with van der Waals surface area (Å²) in [5.74, 6) is -0.705. The molecule has 6 heteroatoms. The number of rotatable bonds is 6. The third kappa shape index (κ3) is 4.60. The molecule has 2 unspecified atom stereocenters. The Morgan fingerprint density at radius 3 is 2.50 bits per heavy atom. The molecule has 0 radical (unpaired) electrons. The van der Waals surface area contributed by atoms with Gasteiger partial charge in [0.25, 0.3) is 11.7 Å². The smallest absolute Gasteiger partial charge is 0.295 e. The van der Waals surface area contributed by atoms with Gasteiger partial charge in [0.05, 0.1) is 24.3 Å². The van der Waals surface area contributed by atoms with E-state index in [1.54, 1.807) is 11.0 Å². The number of amides is 1. The second-order valence-electron chi connectivity index (χ2n) is 9.89. The molecule has 2 aromatic rings. The van der Waals surface area contributed by atoms with Crippen LogP contribution in [0.3, 0.4) is 0 Å². The predicted molar refractivity (Wildman–Crippen MR) is 131 cm³/mol. The van der Waals surface area contributed by atoms with Gasteiger partial charge in [-0.3, -0.25) is 9.59 Å². The number of carbonyl (C=O) groups is 2. The standard InChI is InChI=1S/C28H33NO5/c1-5-33-22-14-13-19(16-21(22)28(2,3)4)25(30)23-24(18-10-7-6-8-11-18)29(27(32)26(23)31)17-20-12-9-15-34-20/h6-8,10-11,13-14,16,20,24,30H,5,9,12,15,17H2,1-4H3/b25-23-. The summed E-state index contributed by atoms with van der Waals surface area (Å²) in [6, 6.07) is 14.1. The van der Waals surface area contributed by atoms with E-state index >= 15 is 0 Å². The predicted octanol–water partition coefficient (Wildman–Crippen LogP) is 4.98. The van der Waals surface area contributed by atoms with Crippen molar-refractivity contribution in [2.45, 2.75) is 58.1 Å². The first-order valence-electron chi connectivity index (χ1n) is 11.9. The van der Waals surface area contributed by atoms with Gasteiger partial charge in [-0.1, -0.05) is 51.1 Å². The average Bonchev–Trinajstić information content (AvgIpc) is 3.41. The monoisotopic (exact) mass is 463 g/mol. The highest BCUT2D eigenvalue weighted by atomic mass is 16.5. The molecule has 2 aromatic carbocycles. The maximum atomic E-state index is 13.3. The number of Topliss-reactive ketones (excluding diaryl/α,β-unsaturated/α-hetero) is 1. The molecule has 1 N–H and O–H groups in total. The Bertz CT molecular complexity index is 1090. The van der Waals surface area contributed by atoms with Gasteiger partial charge in [-0.25, -0.2) is 0 Å². The van der Waals surface area contributed by atoms with Crippen LogP contribution >= 0.6 is 0 Å². The van der Waals surface area contributed by atoms with Gasteiger partial charge in [-0.15, -0.1) is 0 Å². The number of likely N-dealkylation sites (tertiary alicyclic amines) is 1. The molecule has 0 bridgehead atoms. The van der Waals surface area contributed by atoms with E-state index in [2.05, 4.69) is 20.8 Å². The van der Waals surface area contributed by atoms with Gasteiger partial charge in [0, 0.05) is 24.3 Å². The van der Waals surface area contributed by atoms with Crippen LogP contribution in [0, 0.1) is 0 Å². The lowest BCUT2D eigenvalue weighted by atomic mass is 9.84. The van der Waals surface area contributed by atoms with E-state index in [-0.39, 0.29) is 22.9 Å². The Morgan fingerprint density at radius 2 is 1.88 bits per heavy atom. The Hall–Kier alpha value is -3.12. The highest BCUT2D eigenvalue weighted by Gasteiger charge is 2.47. The lowest BCUT2D eigenvalue weighted by Crippen LogP contribution is -2.36. The van der Waals surface area contributed by atoms with Gasteiger partial charge >= 0.3 is 0 Å². The molecule has 180 valence electrons. The molecule has 0 aliphatic carbocycles. The topological polar surface area (TPSA) is 76.1 Å². The van der Waals surface area contributed by atoms with Crippen molar-refractivity contribution in [2.24, 2.45) is 0 Å². The van der Waals surface area contributed by atoms with Crippen molar-refractivity contribution in [1.29, 1.82) is 0 Å². The van der Waals surface area contributed by atoms with E-state index in [0.717, 1.165) is 29.7 Å². The largest absolute Gasteiger partial charge is 0.507 e. The highest BCUT2D eigenvalue weighted by Crippen LogP contribution is 2.41. The first-order valence-corrected chi connectivity index (χ1v) is 11.9. The van der Waals surface area contributed by atoms with Crippen molar-refractivity contribution in [3.63, 3.8) is 0 Å². The number of nitrogens with zero attached hydrogens (tertiary/aromatic N) is 1. The third-order valence-electron chi connectivity index (χ3n) is 6.44. The molecular weight excluding hydrogens is 430 g/mol. The van der Waals surface area contributed by atoms with Crippen molar-refractivity contribution in [3.8, 4) is 5.75 Å². The van der Waals surface area contributed by atoms with Crippen LogP contribution in [-0.2, 0) is 19.7 Å². The second-order valence-corrected chi connectivity index (χ2v) is 9.89. The number of hydrogen-bond acceptors (Lipinski definition) is 5. The van der Waals surface area contributed by atoms with E-state index in [9.17, 15) is 14.7 Å². The van der Waals surface area contributed by atoms with Gasteiger partial charge in [-0.05, 0) is 48.9 Å². The van der Waals surface area contributed by atoms with Crippen LogP contribution in [0.5, 0.6) is 5.75 Å². The van der Waals surface area contributed by atoms with Crippen LogP contribution in [0.25, 0.3) is 5.76 Å². The minimum atomic E-state index is -0.671. The summed E-state index contributed by atoms with van der Waals surface area (Å²) in [6.45, 7) is 9.63. The van der Waals surface area contributed by atoms with Gasteiger partial charge in [0.2, 0.25) is 0 Å². The number of ether oxygens (including phenoxy) is 2. The number of benzene rings is 2. The number of carbonyl (C=O) groups excluding carboxylic acids is 2. The van der Waals surface area contributed by atoms with E-state index in [1.807, 2.05) is 49.4 Å². The van der Waals surface area contributed by atoms with Crippen LogP contribution in [0.4, 0.5) is 0 Å². The maximum Gasteiger partial charge on any atom is 0.295 e. The first-order chi connectivity index (χ1) is 16.2. The summed E-state index contributed by atoms with van der Waals surface area (Å²) >= 11 is 0. The summed E-state index contributed by atoms with van der Waals surface area (Å²) in [5, 5.41) is 11.4. The van der Waals surface area contributed by atoms with Crippen molar-refractivity contribution < 1.29 is 24.2 Å². The molecule has 0 aromatic heterocycles. The lowest BCUT2D eigenvalue weighted by molar-refractivity contribution is -0.140. The minimum absolute atomic E-state index is 0.109. The number of aliphatic hydroxyl groups is 1. The minimum Gasteiger partial charge on any atom is -0.507 e. The zero-order chi connectivity index (χ0) is 24.5. The van der Waals surface area contributed by atoms with E-state index in [4.69, 9.17) is 9.47 Å². The number of ketones is 1. The fraction of sp³-hybridized carbons (Fsp3) is 0.429. The van der Waals surface area contributed by atoms with E-state index < -0.39 is 17.7 Å². The normalized spacial score (nSPS) is 22.4. The lowest BCUT2D eigenvalue weighted by Gasteiger charge is -2.27. The molecule has 6 nitrogen and oxygen atoms in total. The summed E-state index contributed by atoms with van der Waals surface area (Å²) < 4.78 is 11.6. The fourth-order valence-corrected chi connectivity index (χ4v) is 4.76. The molecule has 2 atom stereocenters. The molecule has 2 fully saturated rings. The number of aliphatic hydroxyl groups excluding tert-OH is 1. The summed E-state index contributed by atoms with van der Waals surface area (Å²) in [4.78, 5) is 28.0. The summed E-state index contributed by atoms with van der Waals surface area (Å²) in [6.07, 6.45) is 1.67. The van der Waals surface area contributed by atoms with Crippen molar-refractivity contribution >= 4 is 17.4 Å². The van der Waals surface area contributed by atoms with Gasteiger partial charge in [0.1, 0.15) is 11.5 Å². The Kier molecular flexibility index (Phi) is 6.80. The number of hydrogen-bond donors (Lipinski definition) is 1. The molecule has 2 saturated heterocycles. The molecule has 0 saturated carbocycles. The molecule has 2 heterocycles. The summed E-state index contributed by atoms with van der Waals surface area (Å²) in [5.41, 5.74) is 2.06. The van der Waals surface area contributed by atoms with Gasteiger partial charge in [0.15, 0.2) is 0 Å². The molecule has 2 aliphatic heterocycles. The van der Waals surface area contributed by atoms with Crippen molar-refractivity contribution in [3.05, 3.63) is 70.8 Å².